The minimum atomic E-state index is 0.416. The Balaban J connectivity index is 1.82. The molecule has 2 rings (SSSR count). The Labute approximate surface area is 67.5 Å². The maximum Gasteiger partial charge on any atom is 0.0757 e. The maximum atomic E-state index is 5.63. The van der Waals surface area contributed by atoms with Crippen LogP contribution in [0.1, 0.15) is 6.42 Å². The molecule has 3 heteroatoms. The highest BCUT2D eigenvalue weighted by Crippen LogP contribution is 2.16. The first-order chi connectivity index (χ1) is 5.47. The van der Waals surface area contributed by atoms with E-state index in [0.29, 0.717) is 6.10 Å². The van der Waals surface area contributed by atoms with Crippen molar-refractivity contribution in [2.75, 3.05) is 32.8 Å². The molecule has 0 saturated carbocycles. The van der Waals surface area contributed by atoms with E-state index in [4.69, 9.17) is 4.74 Å². The van der Waals surface area contributed by atoms with Crippen LogP contribution in [-0.2, 0) is 4.74 Å². The number of nitrogens with zero attached hydrogens (tertiary/aromatic N) is 1. The average Bonchev–Trinajstić information content (AvgIpc) is 2.58. The number of hydrogen-bond acceptors (Lipinski definition) is 2. The average molecular weight is 155 g/mol. The molecular formula is C8H15N2O. The molecule has 3 nitrogen and oxygen atoms in total. The van der Waals surface area contributed by atoms with Crippen molar-refractivity contribution in [3.05, 3.63) is 0 Å². The lowest BCUT2D eigenvalue weighted by atomic mass is 10.0. The Morgan fingerprint density at radius 1 is 1.45 bits per heavy atom. The van der Waals surface area contributed by atoms with Crippen molar-refractivity contribution in [1.29, 1.82) is 0 Å². The minimum Gasteiger partial charge on any atom is -0.375 e. The first-order valence-corrected chi connectivity index (χ1v) is 4.42. The molecule has 11 heavy (non-hydrogen) atoms. The summed E-state index contributed by atoms with van der Waals surface area (Å²) in [4.78, 5) is 0. The molecule has 2 aliphatic rings. The van der Waals surface area contributed by atoms with E-state index in [1.165, 1.54) is 6.42 Å². The van der Waals surface area contributed by atoms with Crippen molar-refractivity contribution < 1.29 is 4.74 Å². The van der Waals surface area contributed by atoms with Crippen molar-refractivity contribution in [2.45, 2.75) is 12.5 Å². The van der Waals surface area contributed by atoms with Crippen molar-refractivity contribution in [3.63, 3.8) is 0 Å². The number of ether oxygens (including phenoxy) is 1. The van der Waals surface area contributed by atoms with Crippen molar-refractivity contribution in [3.8, 4) is 0 Å². The SMILES string of the molecule is C1COC(C2CCNC2)C[N]1. The van der Waals surface area contributed by atoms with E-state index < -0.39 is 0 Å². The zero-order valence-electron chi connectivity index (χ0n) is 6.75. The summed E-state index contributed by atoms with van der Waals surface area (Å²) in [5.74, 6) is 0.721. The Kier molecular flexibility index (Phi) is 2.41. The van der Waals surface area contributed by atoms with Crippen LogP contribution in [0.2, 0.25) is 0 Å². The summed E-state index contributed by atoms with van der Waals surface area (Å²) >= 11 is 0. The molecule has 2 unspecified atom stereocenters. The highest BCUT2D eigenvalue weighted by molar-refractivity contribution is 4.81. The number of nitrogens with one attached hydrogen (secondary N) is 1. The van der Waals surface area contributed by atoms with Crippen LogP contribution in [0.3, 0.4) is 0 Å². The molecule has 63 valence electrons. The van der Waals surface area contributed by atoms with Gasteiger partial charge in [-0.05, 0) is 13.0 Å². The zero-order valence-corrected chi connectivity index (χ0v) is 6.75. The van der Waals surface area contributed by atoms with Crippen LogP contribution >= 0.6 is 0 Å². The molecule has 0 aromatic heterocycles. The summed E-state index contributed by atoms with van der Waals surface area (Å²) in [5.41, 5.74) is 0. The Hall–Kier alpha value is -0.120. The predicted octanol–water partition coefficient (Wildman–Crippen LogP) is -0.401. The second-order valence-corrected chi connectivity index (χ2v) is 3.29. The predicted molar refractivity (Wildman–Crippen MR) is 42.6 cm³/mol. The third-order valence-corrected chi connectivity index (χ3v) is 2.51. The fourth-order valence-electron chi connectivity index (χ4n) is 1.82. The van der Waals surface area contributed by atoms with Gasteiger partial charge in [0.1, 0.15) is 0 Å². The number of morpholine rings is 1. The van der Waals surface area contributed by atoms with Gasteiger partial charge in [0, 0.05) is 25.6 Å². The summed E-state index contributed by atoms with van der Waals surface area (Å²) in [6, 6.07) is 0. The summed E-state index contributed by atoms with van der Waals surface area (Å²) in [6.07, 6.45) is 1.68. The molecule has 1 N–H and O–H groups in total. The van der Waals surface area contributed by atoms with Crippen LogP contribution in [-0.4, -0.2) is 38.9 Å². The van der Waals surface area contributed by atoms with Crippen LogP contribution < -0.4 is 10.6 Å². The van der Waals surface area contributed by atoms with Gasteiger partial charge in [0.25, 0.3) is 0 Å². The summed E-state index contributed by atoms with van der Waals surface area (Å²) in [6.45, 7) is 4.94. The summed E-state index contributed by atoms with van der Waals surface area (Å²) < 4.78 is 5.63. The van der Waals surface area contributed by atoms with Crippen molar-refractivity contribution in [1.82, 2.24) is 10.6 Å². The molecular weight excluding hydrogens is 140 g/mol. The van der Waals surface area contributed by atoms with Gasteiger partial charge < -0.3 is 10.1 Å². The van der Waals surface area contributed by atoms with Gasteiger partial charge in [-0.25, -0.2) is 5.32 Å². The lowest BCUT2D eigenvalue weighted by Crippen LogP contribution is -2.39. The van der Waals surface area contributed by atoms with Gasteiger partial charge in [0.2, 0.25) is 0 Å². The van der Waals surface area contributed by atoms with Gasteiger partial charge in [0.05, 0.1) is 12.7 Å². The topological polar surface area (TPSA) is 35.4 Å². The van der Waals surface area contributed by atoms with Crippen LogP contribution in [0, 0.1) is 5.92 Å². The largest absolute Gasteiger partial charge is 0.375 e. The molecule has 2 heterocycles. The Morgan fingerprint density at radius 3 is 3.09 bits per heavy atom. The van der Waals surface area contributed by atoms with Gasteiger partial charge in [0.15, 0.2) is 0 Å². The van der Waals surface area contributed by atoms with E-state index in [-0.39, 0.29) is 0 Å². The quantitative estimate of drug-likeness (QED) is 0.559. The van der Waals surface area contributed by atoms with Gasteiger partial charge >= 0.3 is 0 Å². The van der Waals surface area contributed by atoms with Crippen LogP contribution in [0.15, 0.2) is 0 Å². The van der Waals surface area contributed by atoms with E-state index in [1.807, 2.05) is 0 Å². The molecule has 0 aromatic rings. The first kappa shape index (κ1) is 7.53. The molecule has 0 spiro atoms. The fraction of sp³-hybridized carbons (Fsp3) is 1.00. The number of rotatable bonds is 1. The molecule has 0 aromatic carbocycles. The monoisotopic (exact) mass is 155 g/mol. The van der Waals surface area contributed by atoms with E-state index in [1.54, 1.807) is 0 Å². The number of hydrogen-bond donors (Lipinski definition) is 1. The summed E-state index contributed by atoms with van der Waals surface area (Å²) in [7, 11) is 0. The van der Waals surface area contributed by atoms with Crippen LogP contribution in [0.25, 0.3) is 0 Å². The molecule has 2 atom stereocenters. The second-order valence-electron chi connectivity index (χ2n) is 3.29. The molecule has 0 bridgehead atoms. The Bertz CT molecular complexity index is 117. The second kappa shape index (κ2) is 3.52. The normalized spacial score (nSPS) is 39.3. The molecule has 2 aliphatic heterocycles. The van der Waals surface area contributed by atoms with Crippen LogP contribution in [0.4, 0.5) is 0 Å². The lowest BCUT2D eigenvalue weighted by Gasteiger charge is -2.26. The van der Waals surface area contributed by atoms with Gasteiger partial charge in [-0.2, -0.15) is 0 Å². The van der Waals surface area contributed by atoms with Gasteiger partial charge in [-0.3, -0.25) is 0 Å². The van der Waals surface area contributed by atoms with Gasteiger partial charge in [-0.15, -0.1) is 0 Å². The Morgan fingerprint density at radius 2 is 2.45 bits per heavy atom. The van der Waals surface area contributed by atoms with Crippen LogP contribution in [0.5, 0.6) is 0 Å². The van der Waals surface area contributed by atoms with Gasteiger partial charge in [-0.1, -0.05) is 0 Å². The fourth-order valence-corrected chi connectivity index (χ4v) is 1.82. The van der Waals surface area contributed by atoms with Crippen molar-refractivity contribution >= 4 is 0 Å². The lowest BCUT2D eigenvalue weighted by molar-refractivity contribution is -0.00519. The van der Waals surface area contributed by atoms with Crippen molar-refractivity contribution in [2.24, 2.45) is 5.92 Å². The van der Waals surface area contributed by atoms with E-state index >= 15 is 0 Å². The van der Waals surface area contributed by atoms with E-state index in [9.17, 15) is 0 Å². The minimum absolute atomic E-state index is 0.416. The smallest absolute Gasteiger partial charge is 0.0757 e. The highest BCUT2D eigenvalue weighted by Gasteiger charge is 2.27. The molecule has 1 radical (unpaired) electrons. The molecule has 2 saturated heterocycles. The van der Waals surface area contributed by atoms with E-state index in [2.05, 4.69) is 10.6 Å². The molecule has 2 fully saturated rings. The highest BCUT2D eigenvalue weighted by atomic mass is 16.5. The first-order valence-electron chi connectivity index (χ1n) is 4.42. The maximum absolute atomic E-state index is 5.63. The van der Waals surface area contributed by atoms with E-state index in [0.717, 1.165) is 38.7 Å². The zero-order chi connectivity index (χ0) is 7.52. The standard InChI is InChI=1S/C8H15N2O/c1-2-9-5-7(1)8-6-10-3-4-11-8/h7-9H,1-6H2. The molecule has 0 aliphatic carbocycles. The third kappa shape index (κ3) is 1.72. The molecule has 0 amide bonds. The third-order valence-electron chi connectivity index (χ3n) is 2.51. The summed E-state index contributed by atoms with van der Waals surface area (Å²) in [5, 5.41) is 7.70.